The fourth-order valence-corrected chi connectivity index (χ4v) is 1.41. The van der Waals surface area contributed by atoms with E-state index in [9.17, 15) is 0 Å². The van der Waals surface area contributed by atoms with Crippen molar-refractivity contribution in [2.75, 3.05) is 0 Å². The van der Waals surface area contributed by atoms with Crippen LogP contribution in [0, 0.1) is 0 Å². The molecule has 1 aromatic carbocycles. The molecule has 0 heterocycles. The number of rotatable bonds is 2. The molecule has 1 aliphatic rings. The second kappa shape index (κ2) is 4.09. The molecule has 0 saturated carbocycles. The maximum atomic E-state index is 5.80. The van der Waals surface area contributed by atoms with Crippen LogP contribution in [0.1, 0.15) is 0 Å². The minimum absolute atomic E-state index is 0.448. The number of hydrogen-bond acceptors (Lipinski definition) is 4. The summed E-state index contributed by atoms with van der Waals surface area (Å²) in [7, 11) is 0. The molecule has 84 valence electrons. The van der Waals surface area contributed by atoms with Crippen LogP contribution in [0.2, 0.25) is 0 Å². The van der Waals surface area contributed by atoms with Gasteiger partial charge < -0.3 is 21.9 Å². The van der Waals surface area contributed by atoms with Crippen molar-refractivity contribution in [1.29, 1.82) is 0 Å². The van der Waals surface area contributed by atoms with Crippen molar-refractivity contribution < 1.29 is 4.74 Å². The first-order valence-electron chi connectivity index (χ1n) is 5.05. The largest absolute Gasteiger partial charge is 0.458 e. The van der Waals surface area contributed by atoms with Gasteiger partial charge in [-0.05, 0) is 30.4 Å². The highest BCUT2D eigenvalue weighted by molar-refractivity contribution is 5.33. The Kier molecular flexibility index (Phi) is 2.78. The molecule has 0 radical (unpaired) electrons. The lowest BCUT2D eigenvalue weighted by Gasteiger charge is -2.29. The Labute approximate surface area is 94.4 Å². The molecule has 1 unspecified atom stereocenters. The minimum Gasteiger partial charge on any atom is -0.458 e. The predicted molar refractivity (Wildman–Crippen MR) is 63.4 cm³/mol. The van der Waals surface area contributed by atoms with Gasteiger partial charge >= 0.3 is 0 Å². The van der Waals surface area contributed by atoms with Gasteiger partial charge in [-0.1, -0.05) is 18.2 Å². The van der Waals surface area contributed by atoms with Crippen LogP contribution in [-0.4, -0.2) is 11.7 Å². The molecule has 0 saturated heterocycles. The van der Waals surface area contributed by atoms with Gasteiger partial charge in [-0.3, -0.25) is 0 Å². The third-order valence-electron chi connectivity index (χ3n) is 2.44. The van der Waals surface area contributed by atoms with Crippen molar-refractivity contribution >= 4 is 0 Å². The van der Waals surface area contributed by atoms with Crippen LogP contribution in [0.25, 0.3) is 0 Å². The highest BCUT2D eigenvalue weighted by Gasteiger charge is 2.26. The van der Waals surface area contributed by atoms with E-state index in [2.05, 4.69) is 0 Å². The first-order valence-corrected chi connectivity index (χ1v) is 5.05. The molecule has 1 aromatic rings. The third kappa shape index (κ3) is 2.30. The van der Waals surface area contributed by atoms with Crippen molar-refractivity contribution in [2.24, 2.45) is 17.2 Å². The Morgan fingerprint density at radius 3 is 2.44 bits per heavy atom. The third-order valence-corrected chi connectivity index (χ3v) is 2.44. The van der Waals surface area contributed by atoms with Crippen molar-refractivity contribution in [3.63, 3.8) is 0 Å². The summed E-state index contributed by atoms with van der Waals surface area (Å²) in [6, 6.07) is 9.02. The van der Waals surface area contributed by atoms with Crippen LogP contribution < -0.4 is 21.9 Å². The van der Waals surface area contributed by atoms with Crippen molar-refractivity contribution in [2.45, 2.75) is 11.7 Å². The highest BCUT2D eigenvalue weighted by atomic mass is 16.5. The van der Waals surface area contributed by atoms with Gasteiger partial charge in [0, 0.05) is 0 Å². The average molecular weight is 217 g/mol. The van der Waals surface area contributed by atoms with E-state index in [4.69, 9.17) is 21.9 Å². The van der Waals surface area contributed by atoms with E-state index in [0.29, 0.717) is 5.76 Å². The molecule has 0 bridgehead atoms. The smallest absolute Gasteiger partial charge is 0.127 e. The molecule has 6 N–H and O–H groups in total. The number of allylic oxidation sites excluding steroid dienone is 1. The maximum absolute atomic E-state index is 5.80. The van der Waals surface area contributed by atoms with E-state index >= 15 is 0 Å². The molecule has 16 heavy (non-hydrogen) atoms. The van der Waals surface area contributed by atoms with Crippen LogP contribution in [0.15, 0.2) is 54.3 Å². The Morgan fingerprint density at radius 1 is 1.12 bits per heavy atom. The Bertz CT molecular complexity index is 423. The SMILES string of the molecule is NC1C=C(Oc2ccccc2)C=CC1(N)N. The summed E-state index contributed by atoms with van der Waals surface area (Å²) >= 11 is 0. The zero-order chi connectivity index (χ0) is 11.6. The van der Waals surface area contributed by atoms with Gasteiger partial charge in [0.1, 0.15) is 17.2 Å². The zero-order valence-electron chi connectivity index (χ0n) is 8.84. The molecule has 0 fully saturated rings. The molecule has 0 aliphatic heterocycles. The predicted octanol–water partition coefficient (Wildman–Crippen LogP) is 0.460. The summed E-state index contributed by atoms with van der Waals surface area (Å²) < 4.78 is 5.60. The summed E-state index contributed by atoms with van der Waals surface area (Å²) in [5.74, 6) is 1.41. The molecule has 1 atom stereocenters. The van der Waals surface area contributed by atoms with E-state index in [1.807, 2.05) is 30.3 Å². The average Bonchev–Trinajstić information content (AvgIpc) is 2.26. The normalized spacial score (nSPS) is 22.7. The molecule has 0 spiro atoms. The van der Waals surface area contributed by atoms with Crippen LogP contribution in [0.3, 0.4) is 0 Å². The van der Waals surface area contributed by atoms with Gasteiger partial charge in [-0.2, -0.15) is 0 Å². The van der Waals surface area contributed by atoms with Crippen molar-refractivity contribution in [1.82, 2.24) is 0 Å². The van der Waals surface area contributed by atoms with E-state index in [1.54, 1.807) is 18.2 Å². The highest BCUT2D eigenvalue weighted by Crippen LogP contribution is 2.18. The van der Waals surface area contributed by atoms with Crippen LogP contribution in [0.5, 0.6) is 5.75 Å². The topological polar surface area (TPSA) is 87.3 Å². The molecule has 1 aliphatic carbocycles. The Morgan fingerprint density at radius 2 is 1.81 bits per heavy atom. The van der Waals surface area contributed by atoms with Crippen molar-refractivity contribution in [3.05, 3.63) is 54.3 Å². The summed E-state index contributed by atoms with van der Waals surface area (Å²) in [5.41, 5.74) is 16.3. The fourth-order valence-electron chi connectivity index (χ4n) is 1.41. The van der Waals surface area contributed by atoms with Crippen LogP contribution >= 0.6 is 0 Å². The number of ether oxygens (including phenoxy) is 1. The standard InChI is InChI=1S/C12H15N3O/c13-11-8-10(6-7-12(11,14)15)16-9-4-2-1-3-5-9/h1-8,11H,13-15H2. The van der Waals surface area contributed by atoms with E-state index in [-0.39, 0.29) is 0 Å². The van der Waals surface area contributed by atoms with Gasteiger partial charge in [-0.15, -0.1) is 0 Å². The maximum Gasteiger partial charge on any atom is 0.127 e. The quantitative estimate of drug-likeness (QED) is 0.628. The molecule has 4 nitrogen and oxygen atoms in total. The minimum atomic E-state index is -0.996. The molecular formula is C12H15N3O. The van der Waals surface area contributed by atoms with Gasteiger partial charge in [0.15, 0.2) is 0 Å². The number of benzene rings is 1. The van der Waals surface area contributed by atoms with Crippen LogP contribution in [0.4, 0.5) is 0 Å². The molecule has 4 heteroatoms. The van der Waals surface area contributed by atoms with E-state index in [1.165, 1.54) is 0 Å². The molecular weight excluding hydrogens is 202 g/mol. The van der Waals surface area contributed by atoms with Gasteiger partial charge in [0.2, 0.25) is 0 Å². The van der Waals surface area contributed by atoms with Crippen molar-refractivity contribution in [3.8, 4) is 5.75 Å². The molecule has 0 aromatic heterocycles. The number of nitrogens with two attached hydrogens (primary N) is 3. The van der Waals surface area contributed by atoms with E-state index in [0.717, 1.165) is 5.75 Å². The lowest BCUT2D eigenvalue weighted by atomic mass is 9.97. The molecule has 2 rings (SSSR count). The first-order chi connectivity index (χ1) is 7.58. The fraction of sp³-hybridized carbons (Fsp3) is 0.167. The zero-order valence-corrected chi connectivity index (χ0v) is 8.84. The summed E-state index contributed by atoms with van der Waals surface area (Å²) in [4.78, 5) is 0. The second-order valence-electron chi connectivity index (χ2n) is 3.84. The second-order valence-corrected chi connectivity index (χ2v) is 3.84. The number of para-hydroxylation sites is 1. The lowest BCUT2D eigenvalue weighted by molar-refractivity contribution is 0.411. The Balaban J connectivity index is 2.12. The van der Waals surface area contributed by atoms with E-state index < -0.39 is 11.7 Å². The Hall–Kier alpha value is -1.62. The van der Waals surface area contributed by atoms with Gasteiger partial charge in [-0.25, -0.2) is 0 Å². The molecule has 0 amide bonds. The summed E-state index contributed by atoms with van der Waals surface area (Å²) in [5, 5.41) is 0. The summed E-state index contributed by atoms with van der Waals surface area (Å²) in [6.07, 6.45) is 5.10. The van der Waals surface area contributed by atoms with Crippen LogP contribution in [-0.2, 0) is 0 Å². The first kappa shape index (κ1) is 10.9. The summed E-state index contributed by atoms with van der Waals surface area (Å²) in [6.45, 7) is 0. The monoisotopic (exact) mass is 217 g/mol. The lowest BCUT2D eigenvalue weighted by Crippen LogP contribution is -2.61. The van der Waals surface area contributed by atoms with Gasteiger partial charge in [0.25, 0.3) is 0 Å². The number of hydrogen-bond donors (Lipinski definition) is 3. The van der Waals surface area contributed by atoms with Gasteiger partial charge in [0.05, 0.1) is 6.04 Å².